The molecule has 6 heteroatoms. The fourth-order valence-electron chi connectivity index (χ4n) is 4.35. The third kappa shape index (κ3) is 3.49. The van der Waals surface area contributed by atoms with E-state index in [2.05, 4.69) is 25.6 Å². The molecule has 0 spiro atoms. The Hall–Kier alpha value is -1.40. The van der Waals surface area contributed by atoms with E-state index >= 15 is 0 Å². The summed E-state index contributed by atoms with van der Waals surface area (Å²) in [5, 5.41) is 4.49. The average Bonchev–Trinajstić information content (AvgIpc) is 3.24. The molecule has 132 valence electrons. The summed E-state index contributed by atoms with van der Waals surface area (Å²) in [4.78, 5) is 17.7. The highest BCUT2D eigenvalue weighted by atomic mass is 16.5. The zero-order valence-corrected chi connectivity index (χ0v) is 14.4. The molecule has 24 heavy (non-hydrogen) atoms. The van der Waals surface area contributed by atoms with Crippen molar-refractivity contribution in [1.82, 2.24) is 19.6 Å². The highest BCUT2D eigenvalue weighted by molar-refractivity contribution is 5.79. The van der Waals surface area contributed by atoms with Crippen LogP contribution in [0.4, 0.5) is 0 Å². The van der Waals surface area contributed by atoms with Crippen LogP contribution in [0.15, 0.2) is 12.3 Å². The Balaban J connectivity index is 1.49. The maximum atomic E-state index is 13.0. The van der Waals surface area contributed by atoms with E-state index in [9.17, 15) is 4.79 Å². The maximum Gasteiger partial charge on any atom is 0.226 e. The Kier molecular flexibility index (Phi) is 4.85. The molecule has 6 nitrogen and oxygen atoms in total. The lowest BCUT2D eigenvalue weighted by atomic mass is 9.98. The van der Waals surface area contributed by atoms with Crippen molar-refractivity contribution in [3.05, 3.63) is 18.0 Å². The van der Waals surface area contributed by atoms with Gasteiger partial charge in [-0.25, -0.2) is 0 Å². The number of nitrogens with zero attached hydrogens (tertiary/aromatic N) is 4. The number of carbonyl (C=O) groups is 1. The van der Waals surface area contributed by atoms with Gasteiger partial charge in [-0.15, -0.1) is 0 Å². The van der Waals surface area contributed by atoms with Crippen molar-refractivity contribution in [3.63, 3.8) is 0 Å². The quantitative estimate of drug-likeness (QED) is 0.839. The lowest BCUT2D eigenvalue weighted by Crippen LogP contribution is -2.42. The molecule has 1 unspecified atom stereocenters. The highest BCUT2D eigenvalue weighted by Crippen LogP contribution is 2.23. The average molecular weight is 332 g/mol. The zero-order valence-electron chi connectivity index (χ0n) is 14.4. The molecule has 2 saturated heterocycles. The Labute approximate surface area is 143 Å². The molecule has 0 aliphatic carbocycles. The van der Waals surface area contributed by atoms with E-state index in [-0.39, 0.29) is 5.92 Å². The van der Waals surface area contributed by atoms with Crippen LogP contribution in [0, 0.1) is 11.8 Å². The van der Waals surface area contributed by atoms with Gasteiger partial charge in [0.1, 0.15) is 0 Å². The summed E-state index contributed by atoms with van der Waals surface area (Å²) >= 11 is 0. The lowest BCUT2D eigenvalue weighted by molar-refractivity contribution is -0.139. The van der Waals surface area contributed by atoms with Gasteiger partial charge < -0.3 is 14.5 Å². The van der Waals surface area contributed by atoms with Gasteiger partial charge in [-0.05, 0) is 44.8 Å². The van der Waals surface area contributed by atoms with Crippen molar-refractivity contribution in [1.29, 1.82) is 0 Å². The van der Waals surface area contributed by atoms with Crippen molar-refractivity contribution in [2.45, 2.75) is 38.8 Å². The number of ether oxygens (including phenoxy) is 1. The van der Waals surface area contributed by atoms with Gasteiger partial charge in [0.15, 0.2) is 0 Å². The van der Waals surface area contributed by atoms with E-state index in [0.29, 0.717) is 18.4 Å². The largest absolute Gasteiger partial charge is 0.381 e. The van der Waals surface area contributed by atoms with Crippen LogP contribution in [0.25, 0.3) is 0 Å². The van der Waals surface area contributed by atoms with Crippen LogP contribution in [0.5, 0.6) is 0 Å². The molecule has 3 aliphatic heterocycles. The summed E-state index contributed by atoms with van der Waals surface area (Å²) in [5.41, 5.74) is 1.17. The minimum Gasteiger partial charge on any atom is -0.381 e. The first-order chi connectivity index (χ1) is 11.8. The molecule has 4 rings (SSSR count). The molecule has 1 aromatic rings. The normalized spacial score (nSPS) is 26.3. The third-order valence-electron chi connectivity index (χ3n) is 5.66. The molecule has 1 atom stereocenters. The van der Waals surface area contributed by atoms with E-state index < -0.39 is 0 Å². The molecule has 4 heterocycles. The monoisotopic (exact) mass is 332 g/mol. The van der Waals surface area contributed by atoms with Crippen molar-refractivity contribution in [2.24, 2.45) is 11.8 Å². The standard InChI is InChI=1S/C18H28N4O2/c23-18(16-4-9-24-10-5-16)21-12-15(11-20-7-1-2-8-20)13-22-17(14-21)3-6-19-22/h3,6,15-16H,1-2,4-5,7-14H2. The van der Waals surface area contributed by atoms with Gasteiger partial charge in [-0.1, -0.05) is 0 Å². The molecule has 0 aromatic carbocycles. The van der Waals surface area contributed by atoms with Gasteiger partial charge in [0.25, 0.3) is 0 Å². The molecule has 3 aliphatic rings. The molecular formula is C18H28N4O2. The first-order valence-corrected chi connectivity index (χ1v) is 9.39. The van der Waals surface area contributed by atoms with Crippen LogP contribution in [0.2, 0.25) is 0 Å². The number of carbonyl (C=O) groups excluding carboxylic acids is 1. The number of likely N-dealkylation sites (tertiary alicyclic amines) is 1. The Morgan fingerprint density at radius 1 is 1.21 bits per heavy atom. The van der Waals surface area contributed by atoms with Gasteiger partial charge in [0, 0.05) is 50.9 Å². The number of rotatable bonds is 3. The zero-order chi connectivity index (χ0) is 16.4. The molecular weight excluding hydrogens is 304 g/mol. The van der Waals surface area contributed by atoms with Crippen LogP contribution < -0.4 is 0 Å². The SMILES string of the molecule is O=C(C1CCOCC1)N1Cc2ccnn2CC(CN2CCCC2)C1. The summed E-state index contributed by atoms with van der Waals surface area (Å²) < 4.78 is 7.53. The van der Waals surface area contributed by atoms with E-state index in [1.807, 2.05) is 6.20 Å². The fraction of sp³-hybridized carbons (Fsp3) is 0.778. The van der Waals surface area contributed by atoms with Crippen molar-refractivity contribution in [2.75, 3.05) is 39.4 Å². The van der Waals surface area contributed by atoms with Crippen molar-refractivity contribution < 1.29 is 9.53 Å². The molecule has 0 N–H and O–H groups in total. The highest BCUT2D eigenvalue weighted by Gasteiger charge is 2.31. The van der Waals surface area contributed by atoms with E-state index in [1.165, 1.54) is 31.6 Å². The Morgan fingerprint density at radius 3 is 2.79 bits per heavy atom. The number of hydrogen-bond donors (Lipinski definition) is 0. The van der Waals surface area contributed by atoms with E-state index in [4.69, 9.17) is 4.74 Å². The van der Waals surface area contributed by atoms with Crippen LogP contribution >= 0.6 is 0 Å². The minimum absolute atomic E-state index is 0.139. The number of fused-ring (bicyclic) bond motifs is 1. The van der Waals surface area contributed by atoms with Crippen LogP contribution in [-0.4, -0.2) is 64.9 Å². The topological polar surface area (TPSA) is 50.6 Å². The molecule has 1 amide bonds. The van der Waals surface area contributed by atoms with Crippen LogP contribution in [-0.2, 0) is 22.6 Å². The number of amides is 1. The molecule has 0 saturated carbocycles. The van der Waals surface area contributed by atoms with Crippen LogP contribution in [0.1, 0.15) is 31.4 Å². The second-order valence-electron chi connectivity index (χ2n) is 7.48. The van der Waals surface area contributed by atoms with Gasteiger partial charge in [-0.2, -0.15) is 5.10 Å². The second-order valence-corrected chi connectivity index (χ2v) is 7.48. The van der Waals surface area contributed by atoms with E-state index in [1.54, 1.807) is 0 Å². The second kappa shape index (κ2) is 7.23. The summed E-state index contributed by atoms with van der Waals surface area (Å²) in [6.45, 7) is 7.42. The first-order valence-electron chi connectivity index (χ1n) is 9.39. The van der Waals surface area contributed by atoms with Gasteiger partial charge in [-0.3, -0.25) is 9.48 Å². The summed E-state index contributed by atoms with van der Waals surface area (Å²) in [7, 11) is 0. The maximum absolute atomic E-state index is 13.0. The number of hydrogen-bond acceptors (Lipinski definition) is 4. The lowest BCUT2D eigenvalue weighted by Gasteiger charge is -2.31. The minimum atomic E-state index is 0.139. The summed E-state index contributed by atoms with van der Waals surface area (Å²) in [5.74, 6) is 0.924. The first kappa shape index (κ1) is 16.1. The number of aromatic nitrogens is 2. The fourth-order valence-corrected chi connectivity index (χ4v) is 4.35. The van der Waals surface area contributed by atoms with Crippen LogP contribution in [0.3, 0.4) is 0 Å². The van der Waals surface area contributed by atoms with Crippen molar-refractivity contribution >= 4 is 5.91 Å². The van der Waals surface area contributed by atoms with Gasteiger partial charge in [0.05, 0.1) is 12.2 Å². The van der Waals surface area contributed by atoms with Gasteiger partial charge >= 0.3 is 0 Å². The Morgan fingerprint density at radius 2 is 2.00 bits per heavy atom. The molecule has 1 aromatic heterocycles. The summed E-state index contributed by atoms with van der Waals surface area (Å²) in [6.07, 6.45) is 6.22. The Bertz CT molecular complexity index is 561. The third-order valence-corrected chi connectivity index (χ3v) is 5.66. The predicted octanol–water partition coefficient (Wildman–Crippen LogP) is 1.36. The van der Waals surface area contributed by atoms with E-state index in [0.717, 1.165) is 45.7 Å². The molecule has 0 radical (unpaired) electrons. The smallest absolute Gasteiger partial charge is 0.226 e. The molecule has 0 bridgehead atoms. The predicted molar refractivity (Wildman–Crippen MR) is 90.4 cm³/mol. The molecule has 2 fully saturated rings. The van der Waals surface area contributed by atoms with Gasteiger partial charge in [0.2, 0.25) is 5.91 Å². The summed E-state index contributed by atoms with van der Waals surface area (Å²) in [6, 6.07) is 2.06. The van der Waals surface area contributed by atoms with Crippen molar-refractivity contribution in [3.8, 4) is 0 Å².